The zero-order valence-electron chi connectivity index (χ0n) is 19.2. The van der Waals surface area contributed by atoms with Crippen molar-refractivity contribution >= 4 is 17.5 Å². The van der Waals surface area contributed by atoms with Crippen LogP contribution >= 0.6 is 11.6 Å². The van der Waals surface area contributed by atoms with E-state index in [2.05, 4.69) is 36.0 Å². The summed E-state index contributed by atoms with van der Waals surface area (Å²) in [5.41, 5.74) is 4.68. The average molecular weight is 460 g/mol. The standard InChI is InChI=1S/C28H30ClN3O/c1-28(2,21-6-4-3-5-7-21)30-27(33)25-24-19-13-17-12-18(14-19)16-20(15-17)26(24)32(31-25)23-10-8-22(29)9-11-23/h3-11,17-20H,12-16H2,1-2H3,(H,30,33). The fraction of sp³-hybridized carbons (Fsp3) is 0.429. The predicted octanol–water partition coefficient (Wildman–Crippen LogP) is 6.58. The zero-order valence-corrected chi connectivity index (χ0v) is 20.0. The molecule has 1 amide bonds. The topological polar surface area (TPSA) is 46.9 Å². The maximum Gasteiger partial charge on any atom is 0.272 e. The van der Waals surface area contributed by atoms with E-state index in [4.69, 9.17) is 16.7 Å². The molecule has 5 heteroatoms. The maximum atomic E-state index is 13.8. The molecular formula is C28H30ClN3O. The molecule has 2 atom stereocenters. The Morgan fingerprint density at radius 1 is 0.939 bits per heavy atom. The Hall–Kier alpha value is -2.59. The second-order valence-corrected chi connectivity index (χ2v) is 11.2. The lowest BCUT2D eigenvalue weighted by molar-refractivity contribution is 0.0903. The summed E-state index contributed by atoms with van der Waals surface area (Å²) in [5.74, 6) is 2.38. The van der Waals surface area contributed by atoms with Crippen molar-refractivity contribution in [3.63, 3.8) is 0 Å². The molecule has 4 aliphatic rings. The molecule has 0 spiro atoms. The van der Waals surface area contributed by atoms with Gasteiger partial charge in [-0.2, -0.15) is 5.10 Å². The summed E-state index contributed by atoms with van der Waals surface area (Å²) in [6.07, 6.45) is 6.17. The summed E-state index contributed by atoms with van der Waals surface area (Å²) >= 11 is 6.18. The Morgan fingerprint density at radius 2 is 1.58 bits per heavy atom. The van der Waals surface area contributed by atoms with Crippen molar-refractivity contribution in [2.45, 2.75) is 63.3 Å². The quantitative estimate of drug-likeness (QED) is 0.478. The maximum absolute atomic E-state index is 13.8. The molecule has 0 saturated heterocycles. The third kappa shape index (κ3) is 3.59. The summed E-state index contributed by atoms with van der Waals surface area (Å²) in [6, 6.07) is 18.0. The Morgan fingerprint density at radius 3 is 2.24 bits per heavy atom. The van der Waals surface area contributed by atoms with Gasteiger partial charge in [0.15, 0.2) is 5.69 Å². The zero-order chi connectivity index (χ0) is 22.7. The number of nitrogens with zero attached hydrogens (tertiary/aromatic N) is 2. The SMILES string of the molecule is CC(C)(NC(=O)c1nn(-c2ccc(Cl)cc2)c2c1C1CC3CC(C1)CC2C3)c1ccccc1. The largest absolute Gasteiger partial charge is 0.342 e. The molecule has 2 aromatic carbocycles. The molecule has 0 aliphatic heterocycles. The highest BCUT2D eigenvalue weighted by Crippen LogP contribution is 2.57. The molecule has 2 fully saturated rings. The van der Waals surface area contributed by atoms with E-state index in [1.54, 1.807) is 0 Å². The first kappa shape index (κ1) is 21.0. The van der Waals surface area contributed by atoms with Gasteiger partial charge in [0.05, 0.1) is 16.9 Å². The number of aromatic nitrogens is 2. The molecule has 2 unspecified atom stereocenters. The number of hydrogen-bond acceptors (Lipinski definition) is 2. The molecule has 4 bridgehead atoms. The van der Waals surface area contributed by atoms with Gasteiger partial charge in [-0.1, -0.05) is 41.9 Å². The van der Waals surface area contributed by atoms with Gasteiger partial charge in [0.25, 0.3) is 5.91 Å². The van der Waals surface area contributed by atoms with Gasteiger partial charge < -0.3 is 5.32 Å². The monoisotopic (exact) mass is 459 g/mol. The molecule has 33 heavy (non-hydrogen) atoms. The lowest BCUT2D eigenvalue weighted by Crippen LogP contribution is -2.41. The van der Waals surface area contributed by atoms with Crippen LogP contribution in [0, 0.1) is 11.8 Å². The van der Waals surface area contributed by atoms with E-state index >= 15 is 0 Å². The van der Waals surface area contributed by atoms with Crippen LogP contribution in [0.1, 0.15) is 85.1 Å². The smallest absolute Gasteiger partial charge is 0.272 e. The fourth-order valence-electron chi connectivity index (χ4n) is 6.76. The van der Waals surface area contributed by atoms with Crippen LogP contribution in [-0.2, 0) is 5.54 Å². The minimum Gasteiger partial charge on any atom is -0.342 e. The number of rotatable bonds is 4. The highest BCUT2D eigenvalue weighted by atomic mass is 35.5. The second kappa shape index (κ2) is 7.73. The number of hydrogen-bond donors (Lipinski definition) is 1. The molecule has 4 nitrogen and oxygen atoms in total. The van der Waals surface area contributed by atoms with E-state index in [-0.39, 0.29) is 5.91 Å². The van der Waals surface area contributed by atoms with E-state index in [0.29, 0.717) is 22.6 Å². The minimum absolute atomic E-state index is 0.0750. The summed E-state index contributed by atoms with van der Waals surface area (Å²) in [7, 11) is 0. The van der Waals surface area contributed by atoms with Crippen LogP contribution in [0.25, 0.3) is 5.69 Å². The van der Waals surface area contributed by atoms with Crippen LogP contribution < -0.4 is 5.32 Å². The van der Waals surface area contributed by atoms with Crippen molar-refractivity contribution in [3.8, 4) is 5.69 Å². The lowest BCUT2D eigenvalue weighted by Gasteiger charge is -2.38. The molecular weight excluding hydrogens is 430 g/mol. The Labute approximate surface area is 200 Å². The molecule has 170 valence electrons. The van der Waals surface area contributed by atoms with E-state index in [1.807, 2.05) is 42.5 Å². The number of halogens is 1. The normalized spacial score (nSPS) is 25.5. The molecule has 2 saturated carbocycles. The first-order valence-corrected chi connectivity index (χ1v) is 12.5. The first-order valence-electron chi connectivity index (χ1n) is 12.2. The molecule has 1 N–H and O–H groups in total. The van der Waals surface area contributed by atoms with Crippen LogP contribution in [0.3, 0.4) is 0 Å². The lowest BCUT2D eigenvalue weighted by atomic mass is 9.67. The molecule has 1 aromatic heterocycles. The van der Waals surface area contributed by atoms with Gasteiger partial charge in [-0.3, -0.25) is 4.79 Å². The highest BCUT2D eigenvalue weighted by Gasteiger charge is 2.46. The molecule has 3 aromatic rings. The molecule has 0 radical (unpaired) electrons. The van der Waals surface area contributed by atoms with Crippen molar-refractivity contribution in [1.82, 2.24) is 15.1 Å². The molecule has 1 heterocycles. The minimum atomic E-state index is -0.489. The number of carbonyl (C=O) groups is 1. The van der Waals surface area contributed by atoms with Gasteiger partial charge in [0.1, 0.15) is 0 Å². The van der Waals surface area contributed by atoms with Gasteiger partial charge in [0.2, 0.25) is 0 Å². The summed E-state index contributed by atoms with van der Waals surface area (Å²) in [6.45, 7) is 4.12. The number of carbonyl (C=O) groups excluding carboxylic acids is 1. The third-order valence-electron chi connectivity index (χ3n) is 8.10. The van der Waals surface area contributed by atoms with Gasteiger partial charge in [-0.25, -0.2) is 4.68 Å². The Balaban J connectivity index is 1.46. The molecule has 7 rings (SSSR count). The fourth-order valence-corrected chi connectivity index (χ4v) is 6.89. The summed E-state index contributed by atoms with van der Waals surface area (Å²) in [5, 5.41) is 9.00. The number of benzene rings is 2. The van der Waals surface area contributed by atoms with E-state index in [0.717, 1.165) is 23.1 Å². The Bertz CT molecular complexity index is 1180. The number of amides is 1. The van der Waals surface area contributed by atoms with Crippen molar-refractivity contribution < 1.29 is 4.79 Å². The van der Waals surface area contributed by atoms with Crippen LogP contribution in [0.2, 0.25) is 5.02 Å². The third-order valence-corrected chi connectivity index (χ3v) is 8.35. The van der Waals surface area contributed by atoms with Gasteiger partial charge >= 0.3 is 0 Å². The van der Waals surface area contributed by atoms with Crippen LogP contribution in [0.15, 0.2) is 54.6 Å². The summed E-state index contributed by atoms with van der Waals surface area (Å²) in [4.78, 5) is 13.8. The summed E-state index contributed by atoms with van der Waals surface area (Å²) < 4.78 is 2.06. The van der Waals surface area contributed by atoms with E-state index in [1.165, 1.54) is 43.4 Å². The van der Waals surface area contributed by atoms with Crippen molar-refractivity contribution in [2.24, 2.45) is 11.8 Å². The van der Waals surface area contributed by atoms with Crippen LogP contribution in [0.5, 0.6) is 0 Å². The molecule has 4 aliphatic carbocycles. The van der Waals surface area contributed by atoms with Crippen LogP contribution in [-0.4, -0.2) is 15.7 Å². The second-order valence-electron chi connectivity index (χ2n) is 10.8. The average Bonchev–Trinajstić information content (AvgIpc) is 3.12. The van der Waals surface area contributed by atoms with Crippen molar-refractivity contribution in [3.05, 3.63) is 82.1 Å². The van der Waals surface area contributed by atoms with Gasteiger partial charge in [-0.05, 0) is 93.5 Å². The van der Waals surface area contributed by atoms with Crippen LogP contribution in [0.4, 0.5) is 0 Å². The van der Waals surface area contributed by atoms with Gasteiger partial charge in [0, 0.05) is 16.5 Å². The Kier molecular flexibility index (Phi) is 4.91. The van der Waals surface area contributed by atoms with Crippen molar-refractivity contribution in [2.75, 3.05) is 0 Å². The van der Waals surface area contributed by atoms with Gasteiger partial charge in [-0.15, -0.1) is 0 Å². The first-order chi connectivity index (χ1) is 15.9. The predicted molar refractivity (Wildman–Crippen MR) is 131 cm³/mol. The van der Waals surface area contributed by atoms with Crippen molar-refractivity contribution in [1.29, 1.82) is 0 Å². The highest BCUT2D eigenvalue weighted by molar-refractivity contribution is 6.30. The number of nitrogens with one attached hydrogen (secondary N) is 1. The van der Waals surface area contributed by atoms with E-state index < -0.39 is 5.54 Å². The van der Waals surface area contributed by atoms with E-state index in [9.17, 15) is 4.79 Å².